The molecule has 0 radical (unpaired) electrons. The van der Waals surface area contributed by atoms with Crippen molar-refractivity contribution in [3.63, 3.8) is 0 Å². The van der Waals surface area contributed by atoms with E-state index in [4.69, 9.17) is 11.6 Å². The summed E-state index contributed by atoms with van der Waals surface area (Å²) in [5.41, 5.74) is 1.12. The number of rotatable bonds is 4. The topological polar surface area (TPSA) is 12.0 Å². The first-order valence-corrected chi connectivity index (χ1v) is 7.49. The Bertz CT molecular complexity index is 498. The van der Waals surface area contributed by atoms with Crippen LogP contribution in [0.5, 0.6) is 0 Å². The summed E-state index contributed by atoms with van der Waals surface area (Å²) in [7, 11) is 0. The van der Waals surface area contributed by atoms with E-state index in [9.17, 15) is 0 Å². The zero-order valence-electron chi connectivity index (χ0n) is 9.41. The van der Waals surface area contributed by atoms with E-state index < -0.39 is 0 Å². The second kappa shape index (κ2) is 6.01. The molecule has 1 unspecified atom stereocenters. The van der Waals surface area contributed by atoms with E-state index in [-0.39, 0.29) is 6.04 Å². The second-order valence-electron chi connectivity index (χ2n) is 3.64. The predicted molar refractivity (Wildman–Crippen MR) is 79.0 cm³/mol. The van der Waals surface area contributed by atoms with Gasteiger partial charge in [0.05, 0.1) is 6.04 Å². The van der Waals surface area contributed by atoms with E-state index in [1.54, 1.807) is 11.3 Å². The van der Waals surface area contributed by atoms with Crippen LogP contribution < -0.4 is 5.32 Å². The molecule has 0 amide bonds. The first kappa shape index (κ1) is 13.1. The minimum atomic E-state index is 0.156. The minimum absolute atomic E-state index is 0.156. The van der Waals surface area contributed by atoms with Crippen LogP contribution in [0.1, 0.15) is 23.4 Å². The highest BCUT2D eigenvalue weighted by atomic mass is 79.9. The molecule has 0 spiro atoms. The molecule has 0 aliphatic carbocycles. The molecule has 0 aliphatic heterocycles. The second-order valence-corrected chi connectivity index (χ2v) is 5.85. The lowest BCUT2D eigenvalue weighted by atomic mass is 10.1. The van der Waals surface area contributed by atoms with Gasteiger partial charge in [-0.1, -0.05) is 36.7 Å². The maximum Gasteiger partial charge on any atom is 0.0696 e. The van der Waals surface area contributed by atoms with Gasteiger partial charge in [0.25, 0.3) is 0 Å². The van der Waals surface area contributed by atoms with Crippen LogP contribution in [0, 0.1) is 0 Å². The summed E-state index contributed by atoms with van der Waals surface area (Å²) >= 11 is 11.6. The van der Waals surface area contributed by atoms with Crippen LogP contribution in [-0.2, 0) is 0 Å². The summed E-state index contributed by atoms with van der Waals surface area (Å²) < 4.78 is 1.13. The lowest BCUT2D eigenvalue weighted by Crippen LogP contribution is -2.21. The van der Waals surface area contributed by atoms with E-state index in [0.29, 0.717) is 0 Å². The first-order valence-electron chi connectivity index (χ1n) is 5.44. The number of hydrogen-bond acceptors (Lipinski definition) is 2. The van der Waals surface area contributed by atoms with Crippen LogP contribution in [0.2, 0.25) is 5.02 Å². The van der Waals surface area contributed by atoms with Crippen LogP contribution in [0.3, 0.4) is 0 Å². The summed E-state index contributed by atoms with van der Waals surface area (Å²) in [5.74, 6) is 0. The van der Waals surface area contributed by atoms with Crippen LogP contribution in [0.25, 0.3) is 0 Å². The fourth-order valence-electron chi connectivity index (χ4n) is 1.77. The fourth-order valence-corrected chi connectivity index (χ4v) is 3.71. The Labute approximate surface area is 119 Å². The number of halogens is 2. The van der Waals surface area contributed by atoms with Gasteiger partial charge in [-0.05, 0) is 45.6 Å². The molecule has 4 heteroatoms. The Hall–Kier alpha value is -0.350. The minimum Gasteiger partial charge on any atom is -0.306 e. The smallest absolute Gasteiger partial charge is 0.0696 e. The molecule has 2 aromatic rings. The van der Waals surface area contributed by atoms with Gasteiger partial charge < -0.3 is 5.32 Å². The fraction of sp³-hybridized carbons (Fsp3) is 0.231. The van der Waals surface area contributed by atoms with Gasteiger partial charge in [0.2, 0.25) is 0 Å². The molecule has 90 valence electrons. The molecule has 0 saturated carbocycles. The van der Waals surface area contributed by atoms with Crippen LogP contribution >= 0.6 is 38.9 Å². The molecule has 0 bridgehead atoms. The maximum absolute atomic E-state index is 6.27. The van der Waals surface area contributed by atoms with Gasteiger partial charge >= 0.3 is 0 Å². The Kier molecular flexibility index (Phi) is 4.62. The highest BCUT2D eigenvalue weighted by Gasteiger charge is 2.19. The van der Waals surface area contributed by atoms with Crippen molar-refractivity contribution in [2.24, 2.45) is 0 Å². The summed E-state index contributed by atoms with van der Waals surface area (Å²) in [4.78, 5) is 1.26. The highest BCUT2D eigenvalue weighted by Crippen LogP contribution is 2.35. The van der Waals surface area contributed by atoms with Crippen molar-refractivity contribution in [1.29, 1.82) is 0 Å². The first-order chi connectivity index (χ1) is 8.24. The summed E-state index contributed by atoms with van der Waals surface area (Å²) in [6.07, 6.45) is 0. The molecule has 1 atom stereocenters. The molecule has 1 aromatic heterocycles. The van der Waals surface area contributed by atoms with Crippen LogP contribution in [0.15, 0.2) is 40.2 Å². The number of hydrogen-bond donors (Lipinski definition) is 1. The molecule has 1 N–H and O–H groups in total. The van der Waals surface area contributed by atoms with Crippen molar-refractivity contribution in [3.05, 3.63) is 55.6 Å². The molecule has 0 saturated heterocycles. The number of thiophene rings is 1. The molecule has 1 nitrogen and oxygen atoms in total. The third kappa shape index (κ3) is 2.91. The van der Waals surface area contributed by atoms with Crippen molar-refractivity contribution in [1.82, 2.24) is 5.32 Å². The summed E-state index contributed by atoms with van der Waals surface area (Å²) in [6, 6.07) is 10.2. The Morgan fingerprint density at radius 2 is 2.12 bits per heavy atom. The summed E-state index contributed by atoms with van der Waals surface area (Å²) in [5, 5.41) is 6.37. The molecule has 0 aliphatic rings. The van der Waals surface area contributed by atoms with Crippen LogP contribution in [0.4, 0.5) is 0 Å². The van der Waals surface area contributed by atoms with Gasteiger partial charge in [-0.25, -0.2) is 0 Å². The monoisotopic (exact) mass is 329 g/mol. The third-order valence-corrected chi connectivity index (χ3v) is 4.81. The Balaban J connectivity index is 2.43. The lowest BCUT2D eigenvalue weighted by Gasteiger charge is -2.19. The van der Waals surface area contributed by atoms with Crippen molar-refractivity contribution in [2.75, 3.05) is 6.54 Å². The van der Waals surface area contributed by atoms with Gasteiger partial charge in [-0.15, -0.1) is 11.3 Å². The van der Waals surface area contributed by atoms with Crippen LogP contribution in [-0.4, -0.2) is 6.54 Å². The van der Waals surface area contributed by atoms with Gasteiger partial charge in [-0.3, -0.25) is 0 Å². The number of nitrogens with one attached hydrogen (secondary N) is 1. The molecular weight excluding hydrogens is 318 g/mol. The zero-order chi connectivity index (χ0) is 12.3. The van der Waals surface area contributed by atoms with Crippen molar-refractivity contribution >= 4 is 38.9 Å². The normalized spacial score (nSPS) is 12.6. The van der Waals surface area contributed by atoms with E-state index in [2.05, 4.69) is 45.7 Å². The van der Waals surface area contributed by atoms with Gasteiger partial charge in [-0.2, -0.15) is 0 Å². The SMILES string of the molecule is CCNC(c1ccccc1Cl)c1sccc1Br. The van der Waals surface area contributed by atoms with Gasteiger partial charge in [0.1, 0.15) is 0 Å². The molecular formula is C13H13BrClNS. The molecule has 17 heavy (non-hydrogen) atoms. The Morgan fingerprint density at radius 3 is 2.71 bits per heavy atom. The quantitative estimate of drug-likeness (QED) is 0.844. The molecule has 1 aromatic carbocycles. The average Bonchev–Trinajstić information content (AvgIpc) is 2.74. The maximum atomic E-state index is 6.27. The standard InChI is InChI=1S/C13H13BrClNS/c1-2-16-12(13-10(14)7-8-17-13)9-5-3-4-6-11(9)15/h3-8,12,16H,2H2,1H3. The zero-order valence-corrected chi connectivity index (χ0v) is 12.6. The highest BCUT2D eigenvalue weighted by molar-refractivity contribution is 9.10. The largest absolute Gasteiger partial charge is 0.306 e. The molecule has 2 rings (SSSR count). The van der Waals surface area contributed by atoms with E-state index >= 15 is 0 Å². The molecule has 1 heterocycles. The van der Waals surface area contributed by atoms with Crippen molar-refractivity contribution < 1.29 is 0 Å². The van der Waals surface area contributed by atoms with Crippen molar-refractivity contribution in [2.45, 2.75) is 13.0 Å². The summed E-state index contributed by atoms with van der Waals surface area (Å²) in [6.45, 7) is 3.01. The third-order valence-electron chi connectivity index (χ3n) is 2.53. The van der Waals surface area contributed by atoms with Gasteiger partial charge in [0, 0.05) is 14.4 Å². The van der Waals surface area contributed by atoms with Crippen molar-refractivity contribution in [3.8, 4) is 0 Å². The van der Waals surface area contributed by atoms with Gasteiger partial charge in [0.15, 0.2) is 0 Å². The average molecular weight is 331 g/mol. The predicted octanol–water partition coefficient (Wildman–Crippen LogP) is 4.86. The number of benzene rings is 1. The van der Waals surface area contributed by atoms with E-state index in [0.717, 1.165) is 21.6 Å². The Morgan fingerprint density at radius 1 is 1.35 bits per heavy atom. The van der Waals surface area contributed by atoms with E-state index in [1.165, 1.54) is 4.88 Å². The molecule has 0 fully saturated rings. The lowest BCUT2D eigenvalue weighted by molar-refractivity contribution is 0.638. The van der Waals surface area contributed by atoms with E-state index in [1.807, 2.05) is 18.2 Å².